The van der Waals surface area contributed by atoms with Crippen LogP contribution in [0.15, 0.2) is 46.6 Å². The summed E-state index contributed by atoms with van der Waals surface area (Å²) >= 11 is 0. The maximum Gasteiger partial charge on any atom is 0.0735 e. The maximum absolute atomic E-state index is 12.0. The average molecular weight is 934 g/mol. The van der Waals surface area contributed by atoms with Gasteiger partial charge in [0.25, 0.3) is 0 Å². The van der Waals surface area contributed by atoms with E-state index in [2.05, 4.69) is 100 Å². The molecule has 12 aliphatic carbocycles. The molecule has 68 heavy (non-hydrogen) atoms. The van der Waals surface area contributed by atoms with E-state index >= 15 is 0 Å². The molecule has 0 saturated heterocycles. The van der Waals surface area contributed by atoms with Gasteiger partial charge in [-0.3, -0.25) is 0 Å². The minimum atomic E-state index is -0.497. The van der Waals surface area contributed by atoms with Gasteiger partial charge in [0.2, 0.25) is 0 Å². The van der Waals surface area contributed by atoms with Crippen LogP contribution >= 0.6 is 0 Å². The largest absolute Gasteiger partial charge is 0.393 e. The molecule has 11 saturated carbocycles. The Morgan fingerprint density at radius 3 is 1.44 bits per heavy atom. The molecule has 3 heteroatoms. The number of hydrogen-bond acceptors (Lipinski definition) is 3. The molecule has 0 heterocycles. The van der Waals surface area contributed by atoms with Crippen LogP contribution in [0.25, 0.3) is 0 Å². The molecular weight excluding hydrogens is 829 g/mol. The first-order valence-electron chi connectivity index (χ1n) is 30.0. The average Bonchev–Trinajstić information content (AvgIpc) is 3.97. The molecule has 0 aromatic rings. The van der Waals surface area contributed by atoms with Crippen LogP contribution in [0, 0.1) is 97.6 Å². The second-order valence-corrected chi connectivity index (χ2v) is 28.9. The van der Waals surface area contributed by atoms with Crippen molar-refractivity contribution in [2.24, 2.45) is 97.6 Å². The predicted octanol–water partition coefficient (Wildman–Crippen LogP) is 16.7. The van der Waals surface area contributed by atoms with Gasteiger partial charge in [-0.05, 0) is 279 Å². The first kappa shape index (κ1) is 50.4. The zero-order chi connectivity index (χ0) is 48.5. The quantitative estimate of drug-likeness (QED) is 0.212. The second kappa shape index (κ2) is 17.8. The van der Waals surface area contributed by atoms with Crippen molar-refractivity contribution in [1.82, 2.24) is 0 Å². The minimum Gasteiger partial charge on any atom is -0.393 e. The van der Waals surface area contributed by atoms with Crippen molar-refractivity contribution in [2.75, 3.05) is 0 Å². The molecule has 0 aromatic heterocycles. The second-order valence-electron chi connectivity index (χ2n) is 28.9. The molecule has 382 valence electrons. The fourth-order valence-electron chi connectivity index (χ4n) is 22.3. The molecule has 0 aliphatic heterocycles. The van der Waals surface area contributed by atoms with Gasteiger partial charge in [-0.2, -0.15) is 0 Å². The van der Waals surface area contributed by atoms with E-state index in [1.54, 1.807) is 16.7 Å². The molecule has 3 N–H and O–H groups in total. The Balaban J connectivity index is 0.000000119. The van der Waals surface area contributed by atoms with Crippen molar-refractivity contribution in [3.05, 3.63) is 46.6 Å². The lowest BCUT2D eigenvalue weighted by molar-refractivity contribution is -0.235. The third-order valence-corrected chi connectivity index (χ3v) is 26.8. The van der Waals surface area contributed by atoms with Gasteiger partial charge in [0, 0.05) is 0 Å². The van der Waals surface area contributed by atoms with Crippen LogP contribution in [0.3, 0.4) is 0 Å². The summed E-state index contributed by atoms with van der Waals surface area (Å²) in [6, 6.07) is 0. The van der Waals surface area contributed by atoms with Crippen molar-refractivity contribution in [3.8, 4) is 0 Å². The van der Waals surface area contributed by atoms with Crippen LogP contribution < -0.4 is 0 Å². The lowest BCUT2D eigenvalue weighted by Crippen LogP contribution is -2.65. The lowest BCUT2D eigenvalue weighted by atomic mass is 9.42. The highest BCUT2D eigenvalue weighted by molar-refractivity contribution is 5.34. The maximum atomic E-state index is 12.0. The van der Waals surface area contributed by atoms with Gasteiger partial charge in [0.15, 0.2) is 0 Å². The summed E-state index contributed by atoms with van der Waals surface area (Å²) < 4.78 is 0. The molecule has 20 atom stereocenters. The van der Waals surface area contributed by atoms with E-state index in [4.69, 9.17) is 0 Å². The molecule has 12 rings (SSSR count). The van der Waals surface area contributed by atoms with E-state index in [1.807, 2.05) is 5.57 Å². The molecule has 0 radical (unpaired) electrons. The number of allylic oxidation sites excluding steroid dienone is 8. The molecule has 0 spiro atoms. The van der Waals surface area contributed by atoms with Crippen molar-refractivity contribution in [1.29, 1.82) is 0 Å². The summed E-state index contributed by atoms with van der Waals surface area (Å²) in [7, 11) is 0. The summed E-state index contributed by atoms with van der Waals surface area (Å²) in [4.78, 5) is 0. The SMILES string of the molecule is C/C=C1/CCC2C3CC[C@@H]4C[C@H](C)CC[C@]4(C)C3=CC[C@]12C.C/C=C1/CCC2C3CC[C@@H]4C[C@H](C)CC[C@]4(C)[C@@]3(O)CC[C@]12C.C/C=C1/CCC2C3CC[C@@H]4C[C@H](O)CC[C@]4(C)[C@@]3(O)CC[C@]12C. The van der Waals surface area contributed by atoms with Gasteiger partial charge < -0.3 is 15.3 Å². The normalized spacial score (nSPS) is 56.1. The molecule has 0 amide bonds. The zero-order valence-corrected chi connectivity index (χ0v) is 46.0. The smallest absolute Gasteiger partial charge is 0.0735 e. The third kappa shape index (κ3) is 7.26. The van der Waals surface area contributed by atoms with Crippen molar-refractivity contribution >= 4 is 0 Å². The first-order valence-corrected chi connectivity index (χ1v) is 30.0. The third-order valence-electron chi connectivity index (χ3n) is 26.8. The number of aliphatic hydroxyl groups excluding tert-OH is 1. The van der Waals surface area contributed by atoms with Crippen LogP contribution in [0.2, 0.25) is 0 Å². The molecule has 12 aliphatic rings. The van der Waals surface area contributed by atoms with Crippen LogP contribution in [0.5, 0.6) is 0 Å². The monoisotopic (exact) mass is 933 g/mol. The Kier molecular flexibility index (Phi) is 13.2. The minimum absolute atomic E-state index is 0.0230. The van der Waals surface area contributed by atoms with Gasteiger partial charge in [-0.25, -0.2) is 0 Å². The van der Waals surface area contributed by atoms with Gasteiger partial charge in [-0.15, -0.1) is 0 Å². The number of aliphatic hydroxyl groups is 3. The number of fused-ring (bicyclic) bond motifs is 15. The summed E-state index contributed by atoms with van der Waals surface area (Å²) in [5, 5.41) is 34.1. The topological polar surface area (TPSA) is 60.7 Å². The lowest BCUT2D eigenvalue weighted by Gasteiger charge is -2.65. The van der Waals surface area contributed by atoms with E-state index in [-0.39, 0.29) is 22.5 Å². The fourth-order valence-corrected chi connectivity index (χ4v) is 22.3. The first-order chi connectivity index (χ1) is 32.2. The fraction of sp³-hybridized carbons (Fsp3) is 0.877. The van der Waals surface area contributed by atoms with E-state index in [9.17, 15) is 15.3 Å². The van der Waals surface area contributed by atoms with Gasteiger partial charge in [0.1, 0.15) is 0 Å². The Morgan fingerprint density at radius 2 is 0.897 bits per heavy atom. The van der Waals surface area contributed by atoms with Crippen LogP contribution in [0.1, 0.15) is 243 Å². The molecule has 3 nitrogen and oxygen atoms in total. The molecule has 6 unspecified atom stereocenters. The standard InChI is InChI=1S/C22H36O.C22H34.C21H34O2/c1-5-16-6-8-18-19-9-7-17-14-15(2)10-11-21(17,4)22(19,23)13-12-20(16,18)3;1-5-16-7-9-19-18-8-6-17-14-15(2)10-12-22(17,4)20(18)11-13-21(16,19)3;1-4-14-5-7-17-18-8-6-15-13-16(22)9-10-20(15,3)21(18,23)12-11-19(14,17)2/h5,15,17-19,23H,6-14H2,1-4H3;5,11,15,17-19H,6-10,12-14H2,1-4H3;4,15-18,22-23H,5-13H2,1-3H3/b2*16-5-;14-4-/t15-,17-,18?,19?,20-,21+,22-;15-,17-,18?,19?,21-,22+;15-,16-,17?,18?,19-,20+,21-/m111/s1. The van der Waals surface area contributed by atoms with Crippen molar-refractivity contribution < 1.29 is 15.3 Å². The Morgan fingerprint density at radius 1 is 0.441 bits per heavy atom. The van der Waals surface area contributed by atoms with Gasteiger partial charge in [-0.1, -0.05) is 108 Å². The van der Waals surface area contributed by atoms with Crippen LogP contribution in [-0.2, 0) is 0 Å². The van der Waals surface area contributed by atoms with Crippen LogP contribution in [0.4, 0.5) is 0 Å². The summed E-state index contributed by atoms with van der Waals surface area (Å²) in [6.45, 7) is 26.6. The van der Waals surface area contributed by atoms with E-state index in [0.29, 0.717) is 45.3 Å². The summed E-state index contributed by atoms with van der Waals surface area (Å²) in [6.07, 6.45) is 42.5. The number of hydrogen-bond donors (Lipinski definition) is 3. The van der Waals surface area contributed by atoms with Gasteiger partial charge >= 0.3 is 0 Å². The molecular formula is C65H104O3. The Labute approximate surface area is 418 Å². The molecule has 0 bridgehead atoms. The highest BCUT2D eigenvalue weighted by Crippen LogP contribution is 2.71. The Bertz CT molecular complexity index is 1930. The highest BCUT2D eigenvalue weighted by Gasteiger charge is 2.68. The Hall–Kier alpha value is -1.16. The van der Waals surface area contributed by atoms with E-state index in [1.165, 1.54) is 128 Å². The van der Waals surface area contributed by atoms with Crippen molar-refractivity contribution in [2.45, 2.75) is 260 Å². The van der Waals surface area contributed by atoms with Gasteiger partial charge in [0.05, 0.1) is 17.3 Å². The number of rotatable bonds is 0. The molecule has 0 aromatic carbocycles. The summed E-state index contributed by atoms with van der Waals surface area (Å²) in [5.74, 6) is 8.34. The van der Waals surface area contributed by atoms with Crippen molar-refractivity contribution in [3.63, 3.8) is 0 Å². The summed E-state index contributed by atoms with van der Waals surface area (Å²) in [5.41, 5.74) is 8.10. The van der Waals surface area contributed by atoms with Crippen LogP contribution in [-0.4, -0.2) is 32.6 Å². The van der Waals surface area contributed by atoms with E-state index in [0.717, 1.165) is 80.0 Å². The highest BCUT2D eigenvalue weighted by atomic mass is 16.3. The van der Waals surface area contributed by atoms with E-state index < -0.39 is 5.60 Å². The zero-order valence-electron chi connectivity index (χ0n) is 46.0. The predicted molar refractivity (Wildman–Crippen MR) is 284 cm³/mol. The molecule has 11 fully saturated rings.